The van der Waals surface area contributed by atoms with E-state index in [1.807, 2.05) is 18.2 Å². The molecule has 1 N–H and O–H groups in total. The monoisotopic (exact) mass is 503 g/mol. The molecule has 4 aromatic rings. The largest absolute Gasteiger partial charge is 0.352 e. The molecule has 6 nitrogen and oxygen atoms in total. The van der Waals surface area contributed by atoms with E-state index in [4.69, 9.17) is 4.98 Å². The lowest BCUT2D eigenvalue weighted by Crippen LogP contribution is -2.29. The Labute approximate surface area is 217 Å². The first-order chi connectivity index (χ1) is 17.6. The number of rotatable bonds is 10. The van der Waals surface area contributed by atoms with E-state index in [2.05, 4.69) is 63.8 Å². The van der Waals surface area contributed by atoms with E-state index in [0.29, 0.717) is 12.1 Å². The fourth-order valence-corrected chi connectivity index (χ4v) is 6.13. The maximum Gasteiger partial charge on any atom is 0.251 e. The van der Waals surface area contributed by atoms with Crippen molar-refractivity contribution in [3.8, 4) is 11.3 Å². The summed E-state index contributed by atoms with van der Waals surface area (Å²) < 4.78 is 3.22. The summed E-state index contributed by atoms with van der Waals surface area (Å²) >= 11 is 1.63. The Hall–Kier alpha value is -2.74. The van der Waals surface area contributed by atoms with Gasteiger partial charge in [0, 0.05) is 30.4 Å². The fraction of sp³-hybridized carbons (Fsp3) is 0.448. The number of benzene rings is 2. The van der Waals surface area contributed by atoms with Gasteiger partial charge in [-0.25, -0.2) is 4.98 Å². The van der Waals surface area contributed by atoms with Crippen LogP contribution in [-0.2, 0) is 6.54 Å². The van der Waals surface area contributed by atoms with Crippen LogP contribution in [0.3, 0.4) is 0 Å². The number of fused-ring (bicyclic) bond motifs is 3. The molecule has 0 atom stereocenters. The van der Waals surface area contributed by atoms with Gasteiger partial charge in [0.25, 0.3) is 5.91 Å². The van der Waals surface area contributed by atoms with Gasteiger partial charge in [0.2, 0.25) is 0 Å². The maximum absolute atomic E-state index is 12.7. The van der Waals surface area contributed by atoms with Crippen LogP contribution in [0.15, 0.2) is 48.7 Å². The highest BCUT2D eigenvalue weighted by atomic mass is 32.1. The molecule has 1 aliphatic rings. The lowest BCUT2D eigenvalue weighted by Gasteiger charge is -2.26. The molecule has 3 heterocycles. The number of nitrogens with zero attached hydrogens (tertiary/aromatic N) is 4. The van der Waals surface area contributed by atoms with Gasteiger partial charge in [-0.05, 0) is 75.7 Å². The molecule has 2 aromatic carbocycles. The zero-order valence-electron chi connectivity index (χ0n) is 21.5. The van der Waals surface area contributed by atoms with Crippen LogP contribution in [0, 0.1) is 0 Å². The Morgan fingerprint density at radius 1 is 1.06 bits per heavy atom. The van der Waals surface area contributed by atoms with Gasteiger partial charge in [-0.15, -0.1) is 0 Å². The number of amides is 1. The lowest BCUT2D eigenvalue weighted by molar-refractivity contribution is 0.0952. The molecule has 190 valence electrons. The number of nitrogens with one attached hydrogen (secondary N) is 1. The topological polar surface area (TPSA) is 52.9 Å². The summed E-state index contributed by atoms with van der Waals surface area (Å²) in [5.41, 5.74) is 5.30. The molecule has 0 aliphatic carbocycles. The number of thiazole rings is 1. The van der Waals surface area contributed by atoms with Crippen LogP contribution in [-0.4, -0.2) is 64.4 Å². The third-order valence-corrected chi connectivity index (χ3v) is 8.31. The number of hydrogen-bond acceptors (Lipinski definition) is 5. The highest BCUT2D eigenvalue weighted by molar-refractivity contribution is 7.23. The minimum Gasteiger partial charge on any atom is -0.352 e. The first-order valence-electron chi connectivity index (χ1n) is 13.4. The Kier molecular flexibility index (Phi) is 7.99. The van der Waals surface area contributed by atoms with Gasteiger partial charge in [-0.2, -0.15) is 0 Å². The minimum absolute atomic E-state index is 0.00665. The average molecular weight is 504 g/mol. The van der Waals surface area contributed by atoms with E-state index in [1.165, 1.54) is 37.9 Å². The normalized spacial score (nSPS) is 14.8. The highest BCUT2D eigenvalue weighted by Gasteiger charge is 2.14. The first-order valence-corrected chi connectivity index (χ1v) is 14.2. The van der Waals surface area contributed by atoms with E-state index in [1.54, 1.807) is 11.3 Å². The van der Waals surface area contributed by atoms with Crippen molar-refractivity contribution in [1.82, 2.24) is 24.5 Å². The van der Waals surface area contributed by atoms with Crippen LogP contribution >= 0.6 is 11.3 Å². The van der Waals surface area contributed by atoms with Crippen LogP contribution < -0.4 is 5.32 Å². The number of likely N-dealkylation sites (tertiary alicyclic amines) is 1. The molecule has 0 saturated carbocycles. The number of imidazole rings is 1. The van der Waals surface area contributed by atoms with Crippen molar-refractivity contribution in [2.24, 2.45) is 0 Å². The second-order valence-corrected chi connectivity index (χ2v) is 10.7. The summed E-state index contributed by atoms with van der Waals surface area (Å²) in [5, 5.41) is 3.07. The number of hydrogen-bond donors (Lipinski definition) is 1. The molecule has 7 heteroatoms. The van der Waals surface area contributed by atoms with Gasteiger partial charge in [0.1, 0.15) is 0 Å². The molecule has 2 aromatic heterocycles. The molecular weight excluding hydrogens is 466 g/mol. The molecule has 0 bridgehead atoms. The molecule has 5 rings (SSSR count). The van der Waals surface area contributed by atoms with Gasteiger partial charge < -0.3 is 10.2 Å². The zero-order chi connectivity index (χ0) is 24.9. The standard InChI is InChI=1S/C29H37N5OS/c1-3-32(4-2)18-8-15-30-28(35)24-13-14-26-27(19-24)36-29-31-25(21-34(26)29)23-11-9-22(10-12-23)20-33-16-6-5-7-17-33/h9-14,19,21H,3-8,15-18,20H2,1-2H3,(H,30,35). The average Bonchev–Trinajstić information content (AvgIpc) is 3.47. The molecule has 1 amide bonds. The molecule has 1 saturated heterocycles. The number of carbonyl (C=O) groups is 1. The first kappa shape index (κ1) is 24.9. The second kappa shape index (κ2) is 11.5. The summed E-state index contributed by atoms with van der Waals surface area (Å²) in [7, 11) is 0. The van der Waals surface area contributed by atoms with Crippen molar-refractivity contribution in [1.29, 1.82) is 0 Å². The predicted molar refractivity (Wildman–Crippen MR) is 150 cm³/mol. The Balaban J connectivity index is 1.24. The SMILES string of the molecule is CCN(CC)CCCNC(=O)c1ccc2c(c1)sc1nc(-c3ccc(CN4CCCCC4)cc3)cn12. The van der Waals surface area contributed by atoms with Crippen molar-refractivity contribution in [2.45, 2.75) is 46.1 Å². The quantitative estimate of drug-likeness (QED) is 0.284. The van der Waals surface area contributed by atoms with Gasteiger partial charge in [-0.3, -0.25) is 14.1 Å². The number of piperidine rings is 1. The van der Waals surface area contributed by atoms with Crippen LogP contribution in [0.5, 0.6) is 0 Å². The summed E-state index contributed by atoms with van der Waals surface area (Å²) in [6.45, 7) is 11.6. The Morgan fingerprint density at radius 3 is 2.58 bits per heavy atom. The fourth-order valence-electron chi connectivity index (χ4n) is 5.08. The van der Waals surface area contributed by atoms with Crippen molar-refractivity contribution >= 4 is 32.4 Å². The smallest absolute Gasteiger partial charge is 0.251 e. The Bertz CT molecular complexity index is 1300. The van der Waals surface area contributed by atoms with E-state index in [9.17, 15) is 4.79 Å². The molecule has 1 aliphatic heterocycles. The van der Waals surface area contributed by atoms with E-state index in [-0.39, 0.29) is 5.91 Å². The highest BCUT2D eigenvalue weighted by Crippen LogP contribution is 2.30. The van der Waals surface area contributed by atoms with Gasteiger partial charge >= 0.3 is 0 Å². The van der Waals surface area contributed by atoms with Crippen LogP contribution in [0.25, 0.3) is 26.4 Å². The Morgan fingerprint density at radius 2 is 1.83 bits per heavy atom. The lowest BCUT2D eigenvalue weighted by atomic mass is 10.1. The van der Waals surface area contributed by atoms with E-state index >= 15 is 0 Å². The predicted octanol–water partition coefficient (Wildman–Crippen LogP) is 5.66. The summed E-state index contributed by atoms with van der Waals surface area (Å²) in [5.74, 6) is -0.00665. The zero-order valence-corrected chi connectivity index (χ0v) is 22.3. The molecule has 36 heavy (non-hydrogen) atoms. The van der Waals surface area contributed by atoms with Crippen molar-refractivity contribution in [3.05, 3.63) is 59.8 Å². The summed E-state index contributed by atoms with van der Waals surface area (Å²) in [6, 6.07) is 14.8. The van der Waals surface area contributed by atoms with Crippen molar-refractivity contribution in [3.63, 3.8) is 0 Å². The molecule has 1 fully saturated rings. The second-order valence-electron chi connectivity index (χ2n) is 9.73. The van der Waals surface area contributed by atoms with Gasteiger partial charge in [0.05, 0.1) is 15.9 Å². The van der Waals surface area contributed by atoms with Crippen LogP contribution in [0.4, 0.5) is 0 Å². The van der Waals surface area contributed by atoms with Crippen molar-refractivity contribution in [2.75, 3.05) is 39.3 Å². The molecule has 0 spiro atoms. The van der Waals surface area contributed by atoms with Crippen LogP contribution in [0.2, 0.25) is 0 Å². The summed E-state index contributed by atoms with van der Waals surface area (Å²) in [4.78, 5) is 23.5. The summed E-state index contributed by atoms with van der Waals surface area (Å²) in [6.07, 6.45) is 7.08. The van der Waals surface area contributed by atoms with Crippen LogP contribution in [0.1, 0.15) is 55.5 Å². The minimum atomic E-state index is -0.00665. The number of aromatic nitrogens is 2. The number of carbonyl (C=O) groups excluding carboxylic acids is 1. The van der Waals surface area contributed by atoms with E-state index in [0.717, 1.165) is 59.0 Å². The maximum atomic E-state index is 12.7. The third-order valence-electron chi connectivity index (χ3n) is 7.29. The molecule has 0 radical (unpaired) electrons. The van der Waals surface area contributed by atoms with E-state index < -0.39 is 0 Å². The molecular formula is C29H37N5OS. The third kappa shape index (κ3) is 5.64. The van der Waals surface area contributed by atoms with Gasteiger partial charge in [0.15, 0.2) is 4.96 Å². The van der Waals surface area contributed by atoms with Gasteiger partial charge in [-0.1, -0.05) is 55.9 Å². The van der Waals surface area contributed by atoms with Crippen molar-refractivity contribution < 1.29 is 4.79 Å². The molecule has 0 unspecified atom stereocenters.